The van der Waals surface area contributed by atoms with Gasteiger partial charge in [0, 0.05) is 12.0 Å². The van der Waals surface area contributed by atoms with Gasteiger partial charge < -0.3 is 0 Å². The first-order valence-electron chi connectivity index (χ1n) is 4.10. The third-order valence-electron chi connectivity index (χ3n) is 1.72. The Labute approximate surface area is 68.8 Å². The summed E-state index contributed by atoms with van der Waals surface area (Å²) in [6.45, 7) is 6.28. The molecule has 2 unspecified atom stereocenters. The molecule has 0 heterocycles. The lowest BCUT2D eigenvalue weighted by Gasteiger charge is -2.00. The molecule has 0 aromatic heterocycles. The molecular formula is C10H16O. The van der Waals surface area contributed by atoms with Gasteiger partial charge in [0.25, 0.3) is 0 Å². The lowest BCUT2D eigenvalue weighted by atomic mass is 10.1. The van der Waals surface area contributed by atoms with Crippen LogP contribution in [0.4, 0.5) is 0 Å². The quantitative estimate of drug-likeness (QED) is 0.447. The highest BCUT2D eigenvalue weighted by Crippen LogP contribution is 2.05. The van der Waals surface area contributed by atoms with E-state index in [0.29, 0.717) is 5.92 Å². The Kier molecular flexibility index (Phi) is 5.50. The SMILES string of the molecule is CCC(C)/C=C/C(C)C=C=O. The number of hydrogen-bond acceptors (Lipinski definition) is 1. The lowest BCUT2D eigenvalue weighted by molar-refractivity contribution is 0.567. The minimum Gasteiger partial charge on any atom is -0.234 e. The van der Waals surface area contributed by atoms with Crippen molar-refractivity contribution in [1.82, 2.24) is 0 Å². The van der Waals surface area contributed by atoms with Crippen LogP contribution in [0.1, 0.15) is 27.2 Å². The van der Waals surface area contributed by atoms with Crippen molar-refractivity contribution in [2.75, 3.05) is 0 Å². The van der Waals surface area contributed by atoms with E-state index in [1.54, 1.807) is 5.94 Å². The summed E-state index contributed by atoms with van der Waals surface area (Å²) in [5, 5.41) is 0. The Balaban J connectivity index is 3.81. The molecule has 1 heteroatoms. The number of hydrogen-bond donors (Lipinski definition) is 0. The van der Waals surface area contributed by atoms with Gasteiger partial charge in [-0.2, -0.15) is 0 Å². The number of allylic oxidation sites excluding steroid dienone is 3. The van der Waals surface area contributed by atoms with E-state index in [1.165, 1.54) is 6.08 Å². The Morgan fingerprint density at radius 3 is 2.45 bits per heavy atom. The van der Waals surface area contributed by atoms with E-state index in [1.807, 2.05) is 13.0 Å². The summed E-state index contributed by atoms with van der Waals surface area (Å²) >= 11 is 0. The molecule has 0 saturated heterocycles. The van der Waals surface area contributed by atoms with E-state index in [-0.39, 0.29) is 5.92 Å². The van der Waals surface area contributed by atoms with Crippen LogP contribution in [0.2, 0.25) is 0 Å². The van der Waals surface area contributed by atoms with E-state index in [4.69, 9.17) is 0 Å². The van der Waals surface area contributed by atoms with Crippen LogP contribution in [0, 0.1) is 11.8 Å². The molecule has 62 valence electrons. The van der Waals surface area contributed by atoms with Crippen molar-refractivity contribution in [2.24, 2.45) is 11.8 Å². The summed E-state index contributed by atoms with van der Waals surface area (Å²) < 4.78 is 0. The first-order valence-corrected chi connectivity index (χ1v) is 4.10. The summed E-state index contributed by atoms with van der Waals surface area (Å²) in [5.41, 5.74) is 0. The largest absolute Gasteiger partial charge is 0.234 e. The molecule has 0 aliphatic heterocycles. The van der Waals surface area contributed by atoms with E-state index < -0.39 is 0 Å². The van der Waals surface area contributed by atoms with Crippen LogP contribution in [0.25, 0.3) is 0 Å². The van der Waals surface area contributed by atoms with Crippen LogP contribution in [0.3, 0.4) is 0 Å². The first kappa shape index (κ1) is 10.2. The van der Waals surface area contributed by atoms with Crippen molar-refractivity contribution in [3.8, 4) is 0 Å². The molecule has 0 spiro atoms. The maximum Gasteiger partial charge on any atom is 0.120 e. The van der Waals surface area contributed by atoms with Crippen LogP contribution in [0.15, 0.2) is 18.2 Å². The molecule has 0 rings (SSSR count). The van der Waals surface area contributed by atoms with Crippen LogP contribution in [-0.4, -0.2) is 5.94 Å². The number of rotatable bonds is 4. The van der Waals surface area contributed by atoms with Gasteiger partial charge in [0.05, 0.1) is 0 Å². The zero-order valence-electron chi connectivity index (χ0n) is 7.50. The molecule has 0 aliphatic rings. The van der Waals surface area contributed by atoms with Gasteiger partial charge in [-0.1, -0.05) is 39.3 Å². The third kappa shape index (κ3) is 5.63. The highest BCUT2D eigenvalue weighted by molar-refractivity contribution is 5.46. The van der Waals surface area contributed by atoms with E-state index in [2.05, 4.69) is 19.9 Å². The predicted molar refractivity (Wildman–Crippen MR) is 48.0 cm³/mol. The Bertz CT molecular complexity index is 164. The lowest BCUT2D eigenvalue weighted by Crippen LogP contribution is -1.88. The zero-order valence-corrected chi connectivity index (χ0v) is 7.50. The van der Waals surface area contributed by atoms with Gasteiger partial charge in [0.2, 0.25) is 0 Å². The Hall–Kier alpha value is -0.810. The second-order valence-corrected chi connectivity index (χ2v) is 2.91. The van der Waals surface area contributed by atoms with E-state index in [0.717, 1.165) is 6.42 Å². The smallest absolute Gasteiger partial charge is 0.120 e. The number of carbonyl (C=O) groups excluding carboxylic acids is 1. The van der Waals surface area contributed by atoms with Crippen LogP contribution in [0.5, 0.6) is 0 Å². The van der Waals surface area contributed by atoms with Crippen molar-refractivity contribution in [3.63, 3.8) is 0 Å². The van der Waals surface area contributed by atoms with Gasteiger partial charge >= 0.3 is 0 Å². The average Bonchev–Trinajstić information content (AvgIpc) is 2.01. The summed E-state index contributed by atoms with van der Waals surface area (Å²) in [7, 11) is 0. The molecular weight excluding hydrogens is 136 g/mol. The summed E-state index contributed by atoms with van der Waals surface area (Å²) in [4.78, 5) is 9.92. The highest BCUT2D eigenvalue weighted by atomic mass is 16.1. The first-order chi connectivity index (χ1) is 5.20. The topological polar surface area (TPSA) is 17.1 Å². The van der Waals surface area contributed by atoms with Gasteiger partial charge in [-0.15, -0.1) is 0 Å². The molecule has 0 radical (unpaired) electrons. The molecule has 11 heavy (non-hydrogen) atoms. The maximum absolute atomic E-state index is 9.92. The zero-order chi connectivity index (χ0) is 8.69. The monoisotopic (exact) mass is 152 g/mol. The van der Waals surface area contributed by atoms with Gasteiger partial charge in [-0.05, 0) is 5.92 Å². The fraction of sp³-hybridized carbons (Fsp3) is 0.600. The van der Waals surface area contributed by atoms with Crippen molar-refractivity contribution in [3.05, 3.63) is 18.2 Å². The Morgan fingerprint density at radius 1 is 1.36 bits per heavy atom. The molecule has 0 aromatic carbocycles. The molecule has 0 aromatic rings. The minimum absolute atomic E-state index is 0.224. The van der Waals surface area contributed by atoms with E-state index >= 15 is 0 Å². The second-order valence-electron chi connectivity index (χ2n) is 2.91. The van der Waals surface area contributed by atoms with Crippen molar-refractivity contribution < 1.29 is 4.79 Å². The van der Waals surface area contributed by atoms with Gasteiger partial charge in [0.15, 0.2) is 0 Å². The average molecular weight is 152 g/mol. The molecule has 1 nitrogen and oxygen atoms in total. The minimum atomic E-state index is 0.224. The fourth-order valence-corrected chi connectivity index (χ4v) is 0.664. The standard InChI is InChI=1S/C10H16O/c1-4-9(2)5-6-10(3)7-8-11/h5-7,9-10H,4H2,1-3H3/b6-5+. The van der Waals surface area contributed by atoms with Gasteiger partial charge in [-0.25, -0.2) is 4.79 Å². The van der Waals surface area contributed by atoms with Crippen molar-refractivity contribution >= 4 is 5.94 Å². The third-order valence-corrected chi connectivity index (χ3v) is 1.72. The fourth-order valence-electron chi connectivity index (χ4n) is 0.664. The normalized spacial score (nSPS) is 15.9. The predicted octanol–water partition coefficient (Wildman–Crippen LogP) is 2.61. The summed E-state index contributed by atoms with van der Waals surface area (Å²) in [5.74, 6) is 2.62. The second kappa shape index (κ2) is 5.94. The molecule has 0 bridgehead atoms. The summed E-state index contributed by atoms with van der Waals surface area (Å²) in [6.07, 6.45) is 6.85. The molecule has 0 fully saturated rings. The molecule has 0 amide bonds. The molecule has 0 aliphatic carbocycles. The molecule has 0 N–H and O–H groups in total. The molecule has 0 saturated carbocycles. The summed E-state index contributed by atoms with van der Waals surface area (Å²) in [6, 6.07) is 0. The highest BCUT2D eigenvalue weighted by Gasteiger charge is 1.93. The van der Waals surface area contributed by atoms with Crippen LogP contribution < -0.4 is 0 Å². The van der Waals surface area contributed by atoms with Crippen LogP contribution >= 0.6 is 0 Å². The van der Waals surface area contributed by atoms with Crippen molar-refractivity contribution in [1.29, 1.82) is 0 Å². The van der Waals surface area contributed by atoms with Crippen LogP contribution in [-0.2, 0) is 4.79 Å². The van der Waals surface area contributed by atoms with Crippen molar-refractivity contribution in [2.45, 2.75) is 27.2 Å². The molecule has 2 atom stereocenters. The van der Waals surface area contributed by atoms with Gasteiger partial charge in [0.1, 0.15) is 5.94 Å². The van der Waals surface area contributed by atoms with E-state index in [9.17, 15) is 4.79 Å². The Morgan fingerprint density at radius 2 is 2.00 bits per heavy atom. The van der Waals surface area contributed by atoms with Gasteiger partial charge in [-0.3, -0.25) is 0 Å². The maximum atomic E-state index is 9.92.